The van der Waals surface area contributed by atoms with Gasteiger partial charge in [0.1, 0.15) is 11.5 Å². The monoisotopic (exact) mass is 404 g/mol. The van der Waals surface area contributed by atoms with Crippen molar-refractivity contribution in [3.8, 4) is 0 Å². The molecule has 0 saturated carbocycles. The summed E-state index contributed by atoms with van der Waals surface area (Å²) in [6.45, 7) is 16.9. The molecule has 1 aliphatic rings. The van der Waals surface area contributed by atoms with E-state index < -0.39 is 32.9 Å². The maximum Gasteiger partial charge on any atom is 0.485 e. The van der Waals surface area contributed by atoms with Gasteiger partial charge in [0.15, 0.2) is 8.32 Å². The minimum absolute atomic E-state index is 0.125. The number of ether oxygens (including phenoxy) is 1. The fourth-order valence-corrected chi connectivity index (χ4v) is 3.83. The van der Waals surface area contributed by atoms with Crippen LogP contribution in [0.25, 0.3) is 6.08 Å². The molecule has 1 atom stereocenters. The van der Waals surface area contributed by atoms with Gasteiger partial charge in [0.25, 0.3) is 0 Å². The minimum Gasteiger partial charge on any atom is -0.459 e. The van der Waals surface area contributed by atoms with Gasteiger partial charge < -0.3 is 19.2 Å². The predicted molar refractivity (Wildman–Crippen MR) is 115 cm³/mol. The summed E-state index contributed by atoms with van der Waals surface area (Å²) in [6, 6.07) is 5.75. The molecule has 1 aromatic rings. The number of fused-ring (bicyclic) bond motifs is 1. The molecule has 1 unspecified atom stereocenters. The van der Waals surface area contributed by atoms with Crippen molar-refractivity contribution in [2.45, 2.75) is 77.8 Å². The molecule has 0 aliphatic heterocycles. The second-order valence-corrected chi connectivity index (χ2v) is 14.8. The highest BCUT2D eigenvalue weighted by molar-refractivity contribution is 6.74. The Morgan fingerprint density at radius 2 is 1.75 bits per heavy atom. The lowest BCUT2D eigenvalue weighted by Gasteiger charge is -2.36. The van der Waals surface area contributed by atoms with E-state index in [1.54, 1.807) is 26.8 Å². The fourth-order valence-electron chi connectivity index (χ4n) is 2.87. The Balaban J connectivity index is 2.28. The lowest BCUT2D eigenvalue weighted by molar-refractivity contribution is -0.155. The van der Waals surface area contributed by atoms with Crippen LogP contribution in [0.15, 0.2) is 23.7 Å². The molecule has 2 rings (SSSR count). The van der Waals surface area contributed by atoms with Crippen LogP contribution in [0.2, 0.25) is 18.1 Å². The molecule has 0 bridgehead atoms. The standard InChI is InChI=1S/C21H33BO5Si/c1-20(2,3)27-19(23)18-16-10-9-14(11-15(16)12-17(18)22(24)25)13-26-28(7,8)21(4,5)6/h9-12,18,24-25H,13H2,1-8H3. The number of hydrogen-bond acceptors (Lipinski definition) is 5. The van der Waals surface area contributed by atoms with Crippen LogP contribution in [0.5, 0.6) is 0 Å². The van der Waals surface area contributed by atoms with Gasteiger partial charge in [0.2, 0.25) is 0 Å². The summed E-state index contributed by atoms with van der Waals surface area (Å²) >= 11 is 0. The third-order valence-electron chi connectivity index (χ3n) is 5.46. The van der Waals surface area contributed by atoms with Crippen LogP contribution in [0.3, 0.4) is 0 Å². The van der Waals surface area contributed by atoms with E-state index in [4.69, 9.17) is 9.16 Å². The molecule has 0 amide bonds. The Kier molecular flexibility index (Phi) is 6.36. The number of hydrogen-bond donors (Lipinski definition) is 2. The summed E-state index contributed by atoms with van der Waals surface area (Å²) in [6.07, 6.45) is 1.67. The molecule has 28 heavy (non-hydrogen) atoms. The average Bonchev–Trinajstić information content (AvgIpc) is 2.89. The van der Waals surface area contributed by atoms with E-state index in [-0.39, 0.29) is 10.5 Å². The molecule has 0 aromatic heterocycles. The zero-order valence-electron chi connectivity index (χ0n) is 18.3. The molecule has 0 heterocycles. The van der Waals surface area contributed by atoms with Crippen LogP contribution in [-0.2, 0) is 20.6 Å². The zero-order valence-corrected chi connectivity index (χ0v) is 19.3. The van der Waals surface area contributed by atoms with Gasteiger partial charge in [-0.3, -0.25) is 4.79 Å². The lowest BCUT2D eigenvalue weighted by atomic mass is 9.72. The van der Waals surface area contributed by atoms with Crippen molar-refractivity contribution in [1.29, 1.82) is 0 Å². The molecule has 1 aliphatic carbocycles. The quantitative estimate of drug-likeness (QED) is 0.572. The lowest BCUT2D eigenvalue weighted by Crippen LogP contribution is -2.40. The van der Waals surface area contributed by atoms with Gasteiger partial charge in [-0.25, -0.2) is 0 Å². The largest absolute Gasteiger partial charge is 0.485 e. The van der Waals surface area contributed by atoms with Crippen LogP contribution >= 0.6 is 0 Å². The van der Waals surface area contributed by atoms with Gasteiger partial charge in [0.05, 0.1) is 6.61 Å². The van der Waals surface area contributed by atoms with Crippen molar-refractivity contribution < 1.29 is 24.0 Å². The summed E-state index contributed by atoms with van der Waals surface area (Å²) < 4.78 is 11.8. The molecule has 2 N–H and O–H groups in total. The van der Waals surface area contributed by atoms with Crippen LogP contribution < -0.4 is 0 Å². The smallest absolute Gasteiger partial charge is 0.459 e. The summed E-state index contributed by atoms with van der Waals surface area (Å²) in [5, 5.41) is 19.7. The van der Waals surface area contributed by atoms with Gasteiger partial charge in [-0.2, -0.15) is 0 Å². The van der Waals surface area contributed by atoms with Crippen molar-refractivity contribution in [1.82, 2.24) is 0 Å². The van der Waals surface area contributed by atoms with Crippen LogP contribution in [0.4, 0.5) is 0 Å². The number of benzene rings is 1. The maximum atomic E-state index is 12.7. The van der Waals surface area contributed by atoms with Gasteiger partial charge in [-0.15, -0.1) is 0 Å². The Morgan fingerprint density at radius 1 is 1.14 bits per heavy atom. The first-order valence-corrected chi connectivity index (χ1v) is 12.6. The molecule has 1 aromatic carbocycles. The third-order valence-corrected chi connectivity index (χ3v) is 9.94. The van der Waals surface area contributed by atoms with E-state index in [2.05, 4.69) is 33.9 Å². The molecule has 0 saturated heterocycles. The van der Waals surface area contributed by atoms with Gasteiger partial charge in [-0.05, 0) is 67.1 Å². The minimum atomic E-state index is -1.87. The zero-order chi connectivity index (χ0) is 21.5. The van der Waals surface area contributed by atoms with Crippen LogP contribution in [0, 0.1) is 0 Å². The van der Waals surface area contributed by atoms with E-state index in [9.17, 15) is 14.8 Å². The molecule has 0 spiro atoms. The molecule has 154 valence electrons. The van der Waals surface area contributed by atoms with Crippen LogP contribution in [-0.4, -0.2) is 37.1 Å². The Hall–Kier alpha value is -1.41. The van der Waals surface area contributed by atoms with E-state index in [0.717, 1.165) is 16.7 Å². The summed E-state index contributed by atoms with van der Waals surface area (Å²) in [5.74, 6) is -1.28. The first-order chi connectivity index (χ1) is 12.6. The second kappa shape index (κ2) is 7.78. The number of carbonyl (C=O) groups excluding carboxylic acids is 1. The van der Waals surface area contributed by atoms with Crippen molar-refractivity contribution in [3.63, 3.8) is 0 Å². The van der Waals surface area contributed by atoms with Crippen molar-refractivity contribution in [3.05, 3.63) is 40.4 Å². The topological polar surface area (TPSA) is 76.0 Å². The van der Waals surface area contributed by atoms with E-state index >= 15 is 0 Å². The highest BCUT2D eigenvalue weighted by Gasteiger charge is 2.40. The van der Waals surface area contributed by atoms with Gasteiger partial charge >= 0.3 is 13.1 Å². The van der Waals surface area contributed by atoms with Crippen molar-refractivity contribution in [2.75, 3.05) is 0 Å². The Labute approximate surface area is 170 Å². The number of rotatable bonds is 5. The highest BCUT2D eigenvalue weighted by atomic mass is 28.4. The summed E-state index contributed by atoms with van der Waals surface area (Å²) in [7, 11) is -3.58. The predicted octanol–water partition coefficient (Wildman–Crippen LogP) is 4.04. The molecular weight excluding hydrogens is 371 g/mol. The SMILES string of the molecule is CC(C)(C)OC(=O)C1C(B(O)O)=Cc2cc(CO[Si](C)(C)C(C)(C)C)ccc21. The first kappa shape index (κ1) is 22.9. The molecule has 0 radical (unpaired) electrons. The van der Waals surface area contributed by atoms with Crippen LogP contribution in [0.1, 0.15) is 64.2 Å². The number of carbonyl (C=O) groups is 1. The van der Waals surface area contributed by atoms with Crippen molar-refractivity contribution >= 4 is 27.5 Å². The highest BCUT2D eigenvalue weighted by Crippen LogP contribution is 2.40. The Morgan fingerprint density at radius 3 is 2.25 bits per heavy atom. The van der Waals surface area contributed by atoms with E-state index in [1.807, 2.05) is 18.2 Å². The second-order valence-electron chi connectivity index (χ2n) is 10.00. The van der Waals surface area contributed by atoms with Crippen molar-refractivity contribution in [2.24, 2.45) is 0 Å². The summed E-state index contributed by atoms with van der Waals surface area (Å²) in [4.78, 5) is 12.7. The molecule has 5 nitrogen and oxygen atoms in total. The molecule has 0 fully saturated rings. The maximum absolute atomic E-state index is 12.7. The third kappa shape index (κ3) is 5.14. The molecule has 7 heteroatoms. The molecular formula is C21H33BO5Si. The van der Waals surface area contributed by atoms with E-state index in [0.29, 0.717) is 6.61 Å². The Bertz CT molecular complexity index is 772. The average molecular weight is 404 g/mol. The number of esters is 1. The fraction of sp³-hybridized carbons (Fsp3) is 0.571. The van der Waals surface area contributed by atoms with Gasteiger partial charge in [-0.1, -0.05) is 39.0 Å². The first-order valence-electron chi connectivity index (χ1n) is 9.70. The summed E-state index contributed by atoms with van der Waals surface area (Å²) in [5.41, 5.74) is 2.12. The normalized spacial score (nSPS) is 17.2. The van der Waals surface area contributed by atoms with Gasteiger partial charge in [0, 0.05) is 0 Å². The van der Waals surface area contributed by atoms with E-state index in [1.165, 1.54) is 0 Å².